The van der Waals surface area contributed by atoms with Crippen molar-refractivity contribution in [2.24, 2.45) is 5.92 Å². The van der Waals surface area contributed by atoms with E-state index in [1.807, 2.05) is 17.8 Å². The maximum absolute atomic E-state index is 9.14. The van der Waals surface area contributed by atoms with Crippen molar-refractivity contribution in [2.75, 3.05) is 36.8 Å². The lowest BCUT2D eigenvalue weighted by Gasteiger charge is -2.35. The second kappa shape index (κ2) is 9.50. The number of fused-ring (bicyclic) bond motifs is 1. The fourth-order valence-corrected chi connectivity index (χ4v) is 4.91. The highest BCUT2D eigenvalue weighted by atomic mass is 32.2. The van der Waals surface area contributed by atoms with Crippen LogP contribution < -0.4 is 4.90 Å². The van der Waals surface area contributed by atoms with Gasteiger partial charge in [-0.15, -0.1) is 0 Å². The molecule has 1 fully saturated rings. The van der Waals surface area contributed by atoms with Gasteiger partial charge in [0.2, 0.25) is 0 Å². The lowest BCUT2D eigenvalue weighted by atomic mass is 10.2. The maximum atomic E-state index is 9.14. The van der Waals surface area contributed by atoms with E-state index in [1.165, 1.54) is 11.9 Å². The number of pyridine rings is 1. The molecule has 2 aromatic heterocycles. The van der Waals surface area contributed by atoms with Gasteiger partial charge in [-0.2, -0.15) is 5.26 Å². The van der Waals surface area contributed by atoms with E-state index in [0.717, 1.165) is 55.1 Å². The predicted molar refractivity (Wildman–Crippen MR) is 123 cm³/mol. The minimum Gasteiger partial charge on any atom is -0.354 e. The third-order valence-electron chi connectivity index (χ3n) is 5.46. The summed E-state index contributed by atoms with van der Waals surface area (Å²) in [5, 5.41) is 10.2. The first-order valence-corrected chi connectivity index (χ1v) is 11.5. The van der Waals surface area contributed by atoms with Gasteiger partial charge in [-0.25, -0.2) is 9.97 Å². The summed E-state index contributed by atoms with van der Waals surface area (Å²) < 4.78 is 2.37. The van der Waals surface area contributed by atoms with Crippen molar-refractivity contribution in [1.29, 1.82) is 5.26 Å². The van der Waals surface area contributed by atoms with Gasteiger partial charge in [0.05, 0.1) is 29.3 Å². The van der Waals surface area contributed by atoms with Crippen LogP contribution in [0.4, 0.5) is 5.82 Å². The normalized spacial score (nSPS) is 15.1. The highest BCUT2D eigenvalue weighted by molar-refractivity contribution is 7.99. The van der Waals surface area contributed by atoms with Gasteiger partial charge in [-0.3, -0.25) is 4.90 Å². The minimum atomic E-state index is 0.662. The molecule has 30 heavy (non-hydrogen) atoms. The number of aromatic nitrogens is 3. The van der Waals surface area contributed by atoms with Crippen LogP contribution in [0.5, 0.6) is 0 Å². The van der Waals surface area contributed by atoms with E-state index >= 15 is 0 Å². The zero-order valence-electron chi connectivity index (χ0n) is 17.7. The maximum Gasteiger partial charge on any atom is 0.170 e. The van der Waals surface area contributed by atoms with E-state index in [4.69, 9.17) is 10.2 Å². The number of benzene rings is 1. The Morgan fingerprint density at radius 3 is 2.70 bits per heavy atom. The Hall–Kier alpha value is -2.56. The van der Waals surface area contributed by atoms with Crippen molar-refractivity contribution in [3.63, 3.8) is 0 Å². The van der Waals surface area contributed by atoms with E-state index in [0.29, 0.717) is 11.5 Å². The molecule has 0 N–H and O–H groups in total. The Balaban J connectivity index is 1.45. The molecule has 1 aliphatic heterocycles. The van der Waals surface area contributed by atoms with Crippen LogP contribution in [-0.4, -0.2) is 51.4 Å². The number of anilines is 1. The van der Waals surface area contributed by atoms with Crippen LogP contribution >= 0.6 is 11.8 Å². The van der Waals surface area contributed by atoms with Crippen molar-refractivity contribution in [1.82, 2.24) is 19.4 Å². The molecule has 6 nitrogen and oxygen atoms in total. The molecule has 1 aliphatic rings. The van der Waals surface area contributed by atoms with Gasteiger partial charge in [0, 0.05) is 38.1 Å². The number of hydrogen-bond acceptors (Lipinski definition) is 6. The number of rotatable bonds is 7. The van der Waals surface area contributed by atoms with Crippen molar-refractivity contribution in [3.05, 3.63) is 48.2 Å². The molecule has 1 saturated heterocycles. The van der Waals surface area contributed by atoms with E-state index in [1.54, 1.807) is 12.3 Å². The fraction of sp³-hybridized carbons (Fsp3) is 0.435. The Labute approximate surface area is 182 Å². The van der Waals surface area contributed by atoms with Crippen molar-refractivity contribution >= 4 is 28.6 Å². The monoisotopic (exact) mass is 420 g/mol. The molecule has 156 valence electrons. The summed E-state index contributed by atoms with van der Waals surface area (Å²) in [4.78, 5) is 14.1. The average Bonchev–Trinajstić information content (AvgIpc) is 3.11. The summed E-state index contributed by atoms with van der Waals surface area (Å²) in [6.45, 7) is 9.12. The molecule has 0 spiro atoms. The number of para-hydroxylation sites is 2. The molecule has 0 bridgehead atoms. The van der Waals surface area contributed by atoms with E-state index in [-0.39, 0.29) is 0 Å². The second-order valence-corrected chi connectivity index (χ2v) is 9.17. The molecular formula is C23H28N6S. The predicted octanol–water partition coefficient (Wildman–Crippen LogP) is 4.22. The van der Waals surface area contributed by atoms with Crippen LogP contribution in [0, 0.1) is 17.2 Å². The number of nitrogens with zero attached hydrogens (tertiary/aromatic N) is 6. The van der Waals surface area contributed by atoms with Crippen LogP contribution in [0.25, 0.3) is 11.0 Å². The SMILES string of the molecule is CC(C)CCSc1nc2ccccc2n1CN1CCN(c2cc(C#N)ccn2)CC1. The molecule has 0 aliphatic carbocycles. The third-order valence-corrected chi connectivity index (χ3v) is 6.47. The van der Waals surface area contributed by atoms with E-state index in [2.05, 4.69) is 63.5 Å². The Kier molecular flexibility index (Phi) is 6.56. The standard InChI is InChI=1S/C23H28N6S/c1-18(2)8-14-30-23-26-20-5-3-4-6-21(20)29(23)17-27-10-12-28(13-11-27)22-15-19(16-24)7-9-25-22/h3-7,9,15,18H,8,10-14,17H2,1-2H3. The molecule has 0 atom stereocenters. The molecule has 4 rings (SSSR count). The molecule has 0 unspecified atom stereocenters. The minimum absolute atomic E-state index is 0.662. The molecule has 7 heteroatoms. The summed E-state index contributed by atoms with van der Waals surface area (Å²) in [6, 6.07) is 14.3. The summed E-state index contributed by atoms with van der Waals surface area (Å²) in [5.41, 5.74) is 2.94. The lowest BCUT2D eigenvalue weighted by molar-refractivity contribution is 0.202. The van der Waals surface area contributed by atoms with Gasteiger partial charge in [-0.1, -0.05) is 37.7 Å². The molecule has 0 radical (unpaired) electrons. The highest BCUT2D eigenvalue weighted by Gasteiger charge is 2.20. The van der Waals surface area contributed by atoms with Crippen LogP contribution in [0.15, 0.2) is 47.8 Å². The molecule has 1 aromatic carbocycles. The van der Waals surface area contributed by atoms with Gasteiger partial charge in [-0.05, 0) is 36.6 Å². The van der Waals surface area contributed by atoms with Crippen LogP contribution in [-0.2, 0) is 6.67 Å². The molecule has 0 amide bonds. The Morgan fingerprint density at radius 1 is 1.13 bits per heavy atom. The van der Waals surface area contributed by atoms with Gasteiger partial charge >= 0.3 is 0 Å². The fourth-order valence-electron chi connectivity index (χ4n) is 3.67. The molecule has 0 saturated carbocycles. The quantitative estimate of drug-likeness (QED) is 0.533. The van der Waals surface area contributed by atoms with Crippen LogP contribution in [0.3, 0.4) is 0 Å². The first-order valence-electron chi connectivity index (χ1n) is 10.6. The summed E-state index contributed by atoms with van der Waals surface area (Å²) in [5.74, 6) is 2.69. The number of hydrogen-bond donors (Lipinski definition) is 0. The van der Waals surface area contributed by atoms with Gasteiger partial charge in [0.1, 0.15) is 5.82 Å². The number of thioether (sulfide) groups is 1. The average molecular weight is 421 g/mol. The van der Waals surface area contributed by atoms with Crippen molar-refractivity contribution in [2.45, 2.75) is 32.1 Å². The largest absolute Gasteiger partial charge is 0.354 e. The van der Waals surface area contributed by atoms with E-state index < -0.39 is 0 Å². The third kappa shape index (κ3) is 4.77. The van der Waals surface area contributed by atoms with Gasteiger partial charge < -0.3 is 9.47 Å². The smallest absolute Gasteiger partial charge is 0.170 e. The topological polar surface area (TPSA) is 61.0 Å². The van der Waals surface area contributed by atoms with Crippen LogP contribution in [0.1, 0.15) is 25.8 Å². The Morgan fingerprint density at radius 2 is 1.93 bits per heavy atom. The number of nitriles is 1. The lowest BCUT2D eigenvalue weighted by Crippen LogP contribution is -2.47. The summed E-state index contributed by atoms with van der Waals surface area (Å²) >= 11 is 1.87. The van der Waals surface area contributed by atoms with Crippen molar-refractivity contribution < 1.29 is 0 Å². The van der Waals surface area contributed by atoms with E-state index in [9.17, 15) is 0 Å². The number of imidazole rings is 1. The first kappa shape index (κ1) is 20.7. The highest BCUT2D eigenvalue weighted by Crippen LogP contribution is 2.26. The summed E-state index contributed by atoms with van der Waals surface area (Å²) in [7, 11) is 0. The zero-order chi connectivity index (χ0) is 20.9. The summed E-state index contributed by atoms with van der Waals surface area (Å²) in [6.07, 6.45) is 2.92. The molecule has 3 heterocycles. The molecular weight excluding hydrogens is 392 g/mol. The van der Waals surface area contributed by atoms with Gasteiger partial charge in [0.25, 0.3) is 0 Å². The second-order valence-electron chi connectivity index (χ2n) is 8.10. The van der Waals surface area contributed by atoms with Gasteiger partial charge in [0.15, 0.2) is 5.16 Å². The first-order chi connectivity index (χ1) is 14.6. The number of piperazine rings is 1. The Bertz CT molecular complexity index is 1030. The van der Waals surface area contributed by atoms with Crippen molar-refractivity contribution in [3.8, 4) is 6.07 Å². The van der Waals surface area contributed by atoms with Crippen LogP contribution in [0.2, 0.25) is 0 Å². The zero-order valence-corrected chi connectivity index (χ0v) is 18.5. The molecule has 3 aromatic rings.